The van der Waals surface area contributed by atoms with Gasteiger partial charge in [-0.1, -0.05) is 45.0 Å². The van der Waals surface area contributed by atoms with Crippen molar-refractivity contribution in [1.82, 2.24) is 10.2 Å². The maximum atomic E-state index is 3.50. The fourth-order valence-corrected chi connectivity index (χ4v) is 1.87. The van der Waals surface area contributed by atoms with Crippen molar-refractivity contribution in [3.05, 3.63) is 35.4 Å². The Labute approximate surface area is 119 Å². The summed E-state index contributed by atoms with van der Waals surface area (Å²) in [6.45, 7) is 14.3. The molecule has 0 bridgehead atoms. The van der Waals surface area contributed by atoms with E-state index in [0.717, 1.165) is 19.6 Å². The average Bonchev–Trinajstić information content (AvgIpc) is 2.33. The molecule has 0 aliphatic carbocycles. The third-order valence-electron chi connectivity index (χ3n) is 3.67. The van der Waals surface area contributed by atoms with Crippen molar-refractivity contribution in [3.63, 3.8) is 0 Å². The molecule has 0 aromatic heterocycles. The molecule has 0 radical (unpaired) electrons. The van der Waals surface area contributed by atoms with Crippen LogP contribution < -0.4 is 5.32 Å². The molecule has 1 rings (SSSR count). The van der Waals surface area contributed by atoms with Crippen molar-refractivity contribution in [3.8, 4) is 0 Å². The van der Waals surface area contributed by atoms with Gasteiger partial charge in [-0.05, 0) is 37.4 Å². The monoisotopic (exact) mass is 262 g/mol. The Morgan fingerprint density at radius 2 is 1.68 bits per heavy atom. The second-order valence-electron chi connectivity index (χ2n) is 6.70. The van der Waals surface area contributed by atoms with Crippen LogP contribution in [-0.2, 0) is 12.0 Å². The number of nitrogens with one attached hydrogen (secondary N) is 1. The van der Waals surface area contributed by atoms with Gasteiger partial charge in [-0.25, -0.2) is 0 Å². The molecule has 0 amide bonds. The third kappa shape index (κ3) is 5.75. The quantitative estimate of drug-likeness (QED) is 0.790. The Morgan fingerprint density at radius 1 is 1.11 bits per heavy atom. The Balaban J connectivity index is 2.35. The van der Waals surface area contributed by atoms with Crippen LogP contribution in [0, 0.1) is 0 Å². The van der Waals surface area contributed by atoms with Crippen molar-refractivity contribution in [2.45, 2.75) is 52.6 Å². The van der Waals surface area contributed by atoms with Crippen LogP contribution in [0.5, 0.6) is 0 Å². The predicted octanol–water partition coefficient (Wildman–Crippen LogP) is 3.41. The maximum Gasteiger partial charge on any atom is 0.0206 e. The molecule has 1 aromatic rings. The minimum absolute atomic E-state index is 0.242. The summed E-state index contributed by atoms with van der Waals surface area (Å²) in [5, 5.41) is 3.50. The molecule has 1 N–H and O–H groups in total. The highest BCUT2D eigenvalue weighted by molar-refractivity contribution is 5.27. The molecule has 0 fully saturated rings. The van der Waals surface area contributed by atoms with Crippen LogP contribution >= 0.6 is 0 Å². The van der Waals surface area contributed by atoms with Gasteiger partial charge in [0.05, 0.1) is 0 Å². The lowest BCUT2D eigenvalue weighted by Gasteiger charge is -2.21. The molecule has 19 heavy (non-hydrogen) atoms. The first-order valence-electron chi connectivity index (χ1n) is 7.31. The van der Waals surface area contributed by atoms with E-state index in [-0.39, 0.29) is 5.41 Å². The molecule has 2 nitrogen and oxygen atoms in total. The highest BCUT2D eigenvalue weighted by atomic mass is 15.1. The molecule has 0 heterocycles. The van der Waals surface area contributed by atoms with Crippen molar-refractivity contribution in [2.24, 2.45) is 0 Å². The average molecular weight is 262 g/mol. The lowest BCUT2D eigenvalue weighted by atomic mass is 9.87. The second kappa shape index (κ2) is 7.06. The van der Waals surface area contributed by atoms with Gasteiger partial charge in [0.15, 0.2) is 0 Å². The lowest BCUT2D eigenvalue weighted by molar-refractivity contribution is 0.273. The van der Waals surface area contributed by atoms with E-state index in [1.54, 1.807) is 0 Å². The Bertz CT molecular complexity index is 360. The summed E-state index contributed by atoms with van der Waals surface area (Å²) in [6.07, 6.45) is 0. The van der Waals surface area contributed by atoms with Gasteiger partial charge < -0.3 is 10.2 Å². The van der Waals surface area contributed by atoms with E-state index < -0.39 is 0 Å². The maximum absolute atomic E-state index is 3.50. The summed E-state index contributed by atoms with van der Waals surface area (Å²) >= 11 is 0. The molecule has 0 aliphatic rings. The smallest absolute Gasteiger partial charge is 0.0206 e. The molecule has 1 aromatic carbocycles. The fraction of sp³-hybridized carbons (Fsp3) is 0.647. The van der Waals surface area contributed by atoms with E-state index in [2.05, 4.69) is 76.1 Å². The van der Waals surface area contributed by atoms with E-state index in [4.69, 9.17) is 0 Å². The molecule has 0 unspecified atom stereocenters. The fourth-order valence-electron chi connectivity index (χ4n) is 1.87. The summed E-state index contributed by atoms with van der Waals surface area (Å²) in [5.74, 6) is 0. The molecular formula is C17H30N2. The zero-order valence-corrected chi connectivity index (χ0v) is 13.5. The summed E-state index contributed by atoms with van der Waals surface area (Å²) < 4.78 is 0. The van der Waals surface area contributed by atoms with Gasteiger partial charge in [0.25, 0.3) is 0 Å². The minimum Gasteiger partial charge on any atom is -0.311 e. The molecule has 108 valence electrons. The highest BCUT2D eigenvalue weighted by Gasteiger charge is 2.12. The van der Waals surface area contributed by atoms with Crippen molar-refractivity contribution in [1.29, 1.82) is 0 Å². The minimum atomic E-state index is 0.242. The zero-order chi connectivity index (χ0) is 14.5. The molecule has 2 heteroatoms. The van der Waals surface area contributed by atoms with Gasteiger partial charge >= 0.3 is 0 Å². The van der Waals surface area contributed by atoms with E-state index in [0.29, 0.717) is 6.04 Å². The van der Waals surface area contributed by atoms with E-state index in [1.807, 2.05) is 0 Å². The van der Waals surface area contributed by atoms with E-state index >= 15 is 0 Å². The summed E-state index contributed by atoms with van der Waals surface area (Å²) in [6, 6.07) is 9.58. The Kier molecular flexibility index (Phi) is 6.02. The number of benzene rings is 1. The number of hydrogen-bond donors (Lipinski definition) is 1. The molecule has 0 atom stereocenters. The van der Waals surface area contributed by atoms with Gasteiger partial charge in [0.1, 0.15) is 0 Å². The second-order valence-corrected chi connectivity index (χ2v) is 6.70. The molecule has 0 saturated carbocycles. The number of rotatable bonds is 6. The first-order valence-corrected chi connectivity index (χ1v) is 7.31. The summed E-state index contributed by atoms with van der Waals surface area (Å²) in [5.41, 5.74) is 3.00. The van der Waals surface area contributed by atoms with Crippen LogP contribution in [0.25, 0.3) is 0 Å². The number of likely N-dealkylation sites (N-methyl/N-ethyl adjacent to an activating group) is 1. The largest absolute Gasteiger partial charge is 0.311 e. The standard InChI is InChI=1S/C17H30N2/c1-14(2)19(6)12-11-18-13-15-7-9-16(10-8-15)17(3,4)5/h7-10,14,18H,11-13H2,1-6H3. The third-order valence-corrected chi connectivity index (χ3v) is 3.67. The van der Waals surface area contributed by atoms with E-state index in [9.17, 15) is 0 Å². The lowest BCUT2D eigenvalue weighted by Crippen LogP contribution is -2.33. The number of hydrogen-bond acceptors (Lipinski definition) is 2. The normalized spacial score (nSPS) is 12.4. The van der Waals surface area contributed by atoms with Gasteiger partial charge in [-0.3, -0.25) is 0 Å². The van der Waals surface area contributed by atoms with Crippen LogP contribution in [0.2, 0.25) is 0 Å². The summed E-state index contributed by atoms with van der Waals surface area (Å²) in [4.78, 5) is 2.36. The molecule has 0 saturated heterocycles. The topological polar surface area (TPSA) is 15.3 Å². The van der Waals surface area contributed by atoms with Crippen molar-refractivity contribution >= 4 is 0 Å². The molecule has 0 aliphatic heterocycles. The summed E-state index contributed by atoms with van der Waals surface area (Å²) in [7, 11) is 2.17. The number of nitrogens with zero attached hydrogens (tertiary/aromatic N) is 1. The van der Waals surface area contributed by atoms with Gasteiger partial charge in [0, 0.05) is 25.7 Å². The van der Waals surface area contributed by atoms with Crippen LogP contribution in [-0.4, -0.2) is 31.1 Å². The van der Waals surface area contributed by atoms with Gasteiger partial charge in [0.2, 0.25) is 0 Å². The highest BCUT2D eigenvalue weighted by Crippen LogP contribution is 2.22. The van der Waals surface area contributed by atoms with Crippen LogP contribution in [0.1, 0.15) is 45.7 Å². The zero-order valence-electron chi connectivity index (χ0n) is 13.5. The first kappa shape index (κ1) is 16.2. The molecular weight excluding hydrogens is 232 g/mol. The van der Waals surface area contributed by atoms with Crippen molar-refractivity contribution < 1.29 is 0 Å². The Hall–Kier alpha value is -0.860. The van der Waals surface area contributed by atoms with Crippen LogP contribution in [0.15, 0.2) is 24.3 Å². The van der Waals surface area contributed by atoms with Gasteiger partial charge in [-0.2, -0.15) is 0 Å². The van der Waals surface area contributed by atoms with E-state index in [1.165, 1.54) is 11.1 Å². The molecule has 0 spiro atoms. The Morgan fingerprint density at radius 3 is 2.16 bits per heavy atom. The van der Waals surface area contributed by atoms with Crippen LogP contribution in [0.3, 0.4) is 0 Å². The van der Waals surface area contributed by atoms with Gasteiger partial charge in [-0.15, -0.1) is 0 Å². The van der Waals surface area contributed by atoms with Crippen molar-refractivity contribution in [2.75, 3.05) is 20.1 Å². The predicted molar refractivity (Wildman–Crippen MR) is 84.6 cm³/mol. The first-order chi connectivity index (χ1) is 8.80. The van der Waals surface area contributed by atoms with Crippen LogP contribution in [0.4, 0.5) is 0 Å². The SMILES string of the molecule is CC(C)N(C)CCNCc1ccc(C(C)(C)C)cc1.